The van der Waals surface area contributed by atoms with Gasteiger partial charge in [-0.25, -0.2) is 13.8 Å². The number of aromatic nitrogens is 2. The molecule has 0 radical (unpaired) electrons. The van der Waals surface area contributed by atoms with Crippen molar-refractivity contribution in [2.45, 2.75) is 11.5 Å². The Balaban J connectivity index is 2.54. The molecule has 0 unspecified atom stereocenters. The van der Waals surface area contributed by atoms with Gasteiger partial charge in [-0.1, -0.05) is 0 Å². The zero-order chi connectivity index (χ0) is 17.7. The average molecular weight is 347 g/mol. The number of halogens is 2. The summed E-state index contributed by atoms with van der Waals surface area (Å²) in [5.74, 6) is 0.152. The van der Waals surface area contributed by atoms with E-state index in [9.17, 15) is 19.3 Å². The first-order valence-corrected chi connectivity index (χ1v) is 7.79. The highest BCUT2D eigenvalue weighted by molar-refractivity contribution is 7.98. The molecule has 6 nitrogen and oxygen atoms in total. The fourth-order valence-corrected chi connectivity index (χ4v) is 2.52. The van der Waals surface area contributed by atoms with Gasteiger partial charge >= 0.3 is 0 Å². The lowest BCUT2D eigenvalue weighted by Gasteiger charge is -2.12. The van der Waals surface area contributed by atoms with Crippen LogP contribution < -0.4 is 10.5 Å². The van der Waals surface area contributed by atoms with E-state index in [4.69, 9.17) is 10.5 Å². The largest absolute Gasteiger partial charge is 0.486 e. The van der Waals surface area contributed by atoms with Crippen molar-refractivity contribution in [3.05, 3.63) is 29.5 Å². The number of hydrogen-bond donors (Lipinski definition) is 1. The van der Waals surface area contributed by atoms with E-state index in [1.54, 1.807) is 6.26 Å². The summed E-state index contributed by atoms with van der Waals surface area (Å²) in [5.41, 5.74) is 6.57. The average Bonchev–Trinajstić information content (AvgIpc) is 2.59. The molecule has 9 heteroatoms. The summed E-state index contributed by atoms with van der Waals surface area (Å²) in [4.78, 5) is 8.14. The number of pyridine rings is 2. The molecule has 0 saturated carbocycles. The third kappa shape index (κ3) is 3.53. The second kappa shape index (κ2) is 7.57. The third-order valence-electron chi connectivity index (χ3n) is 2.98. The highest BCUT2D eigenvalue weighted by atomic mass is 32.2. The van der Waals surface area contributed by atoms with Crippen LogP contribution in [0.2, 0.25) is 0 Å². The Bertz CT molecular complexity index is 828. The van der Waals surface area contributed by atoms with Gasteiger partial charge in [-0.15, -0.1) is 11.8 Å². The predicted molar refractivity (Wildman–Crippen MR) is 84.6 cm³/mol. The standard InChI is InChI=1S/C15H11F2N5OS/c1-24-15-10(5-19)13(9(4-18)14(20)22-15)11-3-2-8(6-21-11)23-7-12(16)17/h2-3,6,12H,7H2,1H3,(H2,20,22). The number of nitrogens with two attached hydrogens (primary N) is 1. The number of nitriles is 2. The first-order valence-electron chi connectivity index (χ1n) is 6.56. The number of thioether (sulfide) groups is 1. The topological polar surface area (TPSA) is 109 Å². The normalized spacial score (nSPS) is 10.2. The first kappa shape index (κ1) is 17.4. The Morgan fingerprint density at radius 1 is 1.29 bits per heavy atom. The maximum atomic E-state index is 12.1. The van der Waals surface area contributed by atoms with Crippen LogP contribution in [0.15, 0.2) is 23.4 Å². The molecule has 0 aliphatic heterocycles. The summed E-state index contributed by atoms with van der Waals surface area (Å²) < 4.78 is 29.2. The van der Waals surface area contributed by atoms with Gasteiger partial charge in [-0.05, 0) is 18.4 Å². The van der Waals surface area contributed by atoms with Crippen molar-refractivity contribution in [3.8, 4) is 29.1 Å². The van der Waals surface area contributed by atoms with E-state index in [0.29, 0.717) is 10.7 Å². The van der Waals surface area contributed by atoms with Gasteiger partial charge in [0.25, 0.3) is 6.43 Å². The molecule has 24 heavy (non-hydrogen) atoms. The minimum Gasteiger partial charge on any atom is -0.486 e. The smallest absolute Gasteiger partial charge is 0.272 e. The molecule has 0 bridgehead atoms. The molecular weight excluding hydrogens is 336 g/mol. The molecule has 0 aliphatic carbocycles. The maximum Gasteiger partial charge on any atom is 0.272 e. The molecule has 0 amide bonds. The van der Waals surface area contributed by atoms with Crippen LogP contribution in [-0.2, 0) is 0 Å². The van der Waals surface area contributed by atoms with E-state index < -0.39 is 13.0 Å². The summed E-state index contributed by atoms with van der Waals surface area (Å²) >= 11 is 1.22. The summed E-state index contributed by atoms with van der Waals surface area (Å²) in [6, 6.07) is 6.84. The molecule has 2 N–H and O–H groups in total. The van der Waals surface area contributed by atoms with E-state index in [2.05, 4.69) is 9.97 Å². The van der Waals surface area contributed by atoms with Crippen LogP contribution in [0.1, 0.15) is 11.1 Å². The van der Waals surface area contributed by atoms with Gasteiger partial charge in [0.1, 0.15) is 40.9 Å². The number of anilines is 1. The van der Waals surface area contributed by atoms with Gasteiger partial charge in [-0.3, -0.25) is 4.98 Å². The SMILES string of the molecule is CSc1nc(N)c(C#N)c(-c2ccc(OCC(F)F)cn2)c1C#N. The monoisotopic (exact) mass is 347 g/mol. The van der Waals surface area contributed by atoms with Gasteiger partial charge < -0.3 is 10.5 Å². The van der Waals surface area contributed by atoms with Crippen molar-refractivity contribution in [1.82, 2.24) is 9.97 Å². The molecule has 2 heterocycles. The van der Waals surface area contributed by atoms with Crippen molar-refractivity contribution in [1.29, 1.82) is 10.5 Å². The number of rotatable bonds is 5. The van der Waals surface area contributed by atoms with E-state index in [0.717, 1.165) is 0 Å². The highest BCUT2D eigenvalue weighted by Gasteiger charge is 2.20. The van der Waals surface area contributed by atoms with Gasteiger partial charge in [-0.2, -0.15) is 10.5 Å². The van der Waals surface area contributed by atoms with Crippen LogP contribution in [0.5, 0.6) is 5.75 Å². The predicted octanol–water partition coefficient (Wildman–Crippen LogP) is 2.83. The van der Waals surface area contributed by atoms with Crippen LogP contribution in [0.3, 0.4) is 0 Å². The lowest BCUT2D eigenvalue weighted by molar-refractivity contribution is 0.0817. The first-order chi connectivity index (χ1) is 11.5. The fraction of sp³-hybridized carbons (Fsp3) is 0.200. The Hall–Kier alpha value is -2.91. The zero-order valence-corrected chi connectivity index (χ0v) is 13.3. The summed E-state index contributed by atoms with van der Waals surface area (Å²) in [6.45, 7) is -0.743. The van der Waals surface area contributed by atoms with Gasteiger partial charge in [0, 0.05) is 5.56 Å². The molecular formula is C15H11F2N5OS. The van der Waals surface area contributed by atoms with Gasteiger partial charge in [0.2, 0.25) is 0 Å². The second-order valence-electron chi connectivity index (χ2n) is 4.44. The Kier molecular flexibility index (Phi) is 5.51. The van der Waals surface area contributed by atoms with Crippen LogP contribution >= 0.6 is 11.8 Å². The third-order valence-corrected chi connectivity index (χ3v) is 3.66. The maximum absolute atomic E-state index is 12.1. The summed E-state index contributed by atoms with van der Waals surface area (Å²) in [7, 11) is 0. The number of hydrogen-bond acceptors (Lipinski definition) is 7. The molecule has 0 spiro atoms. The van der Waals surface area contributed by atoms with Crippen LogP contribution in [0.4, 0.5) is 14.6 Å². The quantitative estimate of drug-likeness (QED) is 0.828. The van der Waals surface area contributed by atoms with E-state index in [-0.39, 0.29) is 28.3 Å². The molecule has 0 fully saturated rings. The van der Waals surface area contributed by atoms with Gasteiger partial charge in [0.05, 0.1) is 17.5 Å². The van der Waals surface area contributed by atoms with Crippen LogP contribution in [-0.4, -0.2) is 29.3 Å². The van der Waals surface area contributed by atoms with Crippen molar-refractivity contribution in [3.63, 3.8) is 0 Å². The minimum absolute atomic E-state index is 0.00400. The molecule has 0 saturated heterocycles. The van der Waals surface area contributed by atoms with Gasteiger partial charge in [0.15, 0.2) is 0 Å². The second-order valence-corrected chi connectivity index (χ2v) is 5.23. The highest BCUT2D eigenvalue weighted by Crippen LogP contribution is 2.34. The van der Waals surface area contributed by atoms with Crippen LogP contribution in [0, 0.1) is 22.7 Å². The lowest BCUT2D eigenvalue weighted by Crippen LogP contribution is -2.07. The Morgan fingerprint density at radius 3 is 2.50 bits per heavy atom. The Labute approximate surface area is 140 Å². The summed E-state index contributed by atoms with van der Waals surface area (Å²) in [6.07, 6.45) is 0.381. The van der Waals surface area contributed by atoms with Crippen molar-refractivity contribution in [2.24, 2.45) is 0 Å². The molecule has 2 rings (SSSR count). The molecule has 2 aromatic heterocycles. The molecule has 2 aromatic rings. The number of nitrogen functional groups attached to an aromatic ring is 1. The van der Waals surface area contributed by atoms with E-state index in [1.165, 1.54) is 30.1 Å². The van der Waals surface area contributed by atoms with E-state index >= 15 is 0 Å². The zero-order valence-electron chi connectivity index (χ0n) is 12.5. The summed E-state index contributed by atoms with van der Waals surface area (Å²) in [5, 5.41) is 19.1. The Morgan fingerprint density at radius 2 is 2.00 bits per heavy atom. The molecule has 122 valence electrons. The lowest BCUT2D eigenvalue weighted by atomic mass is 10.0. The number of ether oxygens (including phenoxy) is 1. The minimum atomic E-state index is -2.59. The van der Waals surface area contributed by atoms with Crippen LogP contribution in [0.25, 0.3) is 11.3 Å². The van der Waals surface area contributed by atoms with Crippen molar-refractivity contribution >= 4 is 17.6 Å². The number of alkyl halides is 2. The fourth-order valence-electron chi connectivity index (χ4n) is 1.97. The molecule has 0 atom stereocenters. The van der Waals surface area contributed by atoms with E-state index in [1.807, 2.05) is 12.1 Å². The number of nitrogens with zero attached hydrogens (tertiary/aromatic N) is 4. The van der Waals surface area contributed by atoms with Crippen molar-refractivity contribution < 1.29 is 13.5 Å². The van der Waals surface area contributed by atoms with Crippen molar-refractivity contribution in [2.75, 3.05) is 18.6 Å². The molecule has 0 aromatic carbocycles. The molecule has 0 aliphatic rings.